The predicted octanol–water partition coefficient (Wildman–Crippen LogP) is 2.33. The highest BCUT2D eigenvalue weighted by molar-refractivity contribution is 7.98. The number of hydrogen-bond donors (Lipinski definition) is 2. The van der Waals surface area contributed by atoms with Crippen molar-refractivity contribution < 1.29 is 4.79 Å². The fourth-order valence-electron chi connectivity index (χ4n) is 1.29. The van der Waals surface area contributed by atoms with Crippen LogP contribution in [0.5, 0.6) is 0 Å². The molecule has 0 aliphatic heterocycles. The molecule has 0 aliphatic rings. The van der Waals surface area contributed by atoms with E-state index in [1.165, 1.54) is 4.90 Å². The lowest BCUT2D eigenvalue weighted by atomic mass is 10.1. The smallest absolute Gasteiger partial charge is 0.224 e. The molecule has 0 fully saturated rings. The largest absolute Gasteiger partial charge is 0.330 e. The van der Waals surface area contributed by atoms with Gasteiger partial charge in [-0.25, -0.2) is 0 Å². The van der Waals surface area contributed by atoms with E-state index in [0.29, 0.717) is 13.0 Å². The number of benzene rings is 1. The lowest BCUT2D eigenvalue weighted by Crippen LogP contribution is -2.19. The second-order valence-electron chi connectivity index (χ2n) is 3.82. The average Bonchev–Trinajstić information content (AvgIpc) is 2.29. The molecule has 0 heterocycles. The van der Waals surface area contributed by atoms with E-state index in [9.17, 15) is 4.79 Å². The lowest BCUT2D eigenvalue weighted by molar-refractivity contribution is -0.116. The minimum absolute atomic E-state index is 0.0230. The molecule has 0 radical (unpaired) electrons. The van der Waals surface area contributed by atoms with Gasteiger partial charge in [-0.05, 0) is 43.0 Å². The van der Waals surface area contributed by atoms with E-state index in [0.717, 1.165) is 5.69 Å². The van der Waals surface area contributed by atoms with Gasteiger partial charge in [0.25, 0.3) is 0 Å². The molecular weight excluding hydrogens is 220 g/mol. The highest BCUT2D eigenvalue weighted by Crippen LogP contribution is 2.17. The number of carbonyl (C=O) groups is 1. The molecule has 4 heteroatoms. The minimum atomic E-state index is 0.0230. The summed E-state index contributed by atoms with van der Waals surface area (Å²) in [6.45, 7) is 2.51. The Kier molecular flexibility index (Phi) is 5.35. The van der Waals surface area contributed by atoms with Crippen molar-refractivity contribution in [3.05, 3.63) is 24.3 Å². The highest BCUT2D eigenvalue weighted by Gasteiger charge is 2.07. The summed E-state index contributed by atoms with van der Waals surface area (Å²) in [5, 5.41) is 2.85. The zero-order valence-corrected chi connectivity index (χ0v) is 10.5. The molecule has 1 unspecified atom stereocenters. The number of carbonyl (C=O) groups excluding carboxylic acids is 1. The van der Waals surface area contributed by atoms with Gasteiger partial charge in [0.15, 0.2) is 0 Å². The molecule has 3 nitrogen and oxygen atoms in total. The van der Waals surface area contributed by atoms with Crippen molar-refractivity contribution in [3.8, 4) is 0 Å². The number of thioether (sulfide) groups is 1. The number of nitrogens with one attached hydrogen (secondary N) is 1. The van der Waals surface area contributed by atoms with Crippen molar-refractivity contribution in [2.45, 2.75) is 18.2 Å². The van der Waals surface area contributed by atoms with Crippen molar-refractivity contribution in [2.75, 3.05) is 18.1 Å². The van der Waals surface area contributed by atoms with E-state index in [-0.39, 0.29) is 11.8 Å². The summed E-state index contributed by atoms with van der Waals surface area (Å²) in [5.74, 6) is 0.250. The first kappa shape index (κ1) is 13.1. The van der Waals surface area contributed by atoms with Gasteiger partial charge in [0.05, 0.1) is 0 Å². The molecule has 88 valence electrons. The predicted molar refractivity (Wildman–Crippen MR) is 69.7 cm³/mol. The zero-order chi connectivity index (χ0) is 12.0. The second-order valence-corrected chi connectivity index (χ2v) is 4.70. The van der Waals surface area contributed by atoms with E-state index in [1.54, 1.807) is 11.8 Å². The maximum atomic E-state index is 11.6. The molecule has 1 aromatic rings. The van der Waals surface area contributed by atoms with E-state index in [4.69, 9.17) is 5.73 Å². The van der Waals surface area contributed by atoms with E-state index in [1.807, 2.05) is 37.4 Å². The number of rotatable bonds is 5. The maximum absolute atomic E-state index is 11.6. The maximum Gasteiger partial charge on any atom is 0.224 e. The monoisotopic (exact) mass is 238 g/mol. The Labute approximate surface area is 101 Å². The van der Waals surface area contributed by atoms with Gasteiger partial charge < -0.3 is 11.1 Å². The van der Waals surface area contributed by atoms with Crippen LogP contribution in [0.3, 0.4) is 0 Å². The Balaban J connectivity index is 2.49. The van der Waals surface area contributed by atoms with Crippen LogP contribution in [-0.4, -0.2) is 18.7 Å². The van der Waals surface area contributed by atoms with Gasteiger partial charge >= 0.3 is 0 Å². The van der Waals surface area contributed by atoms with Crippen LogP contribution in [-0.2, 0) is 4.79 Å². The Morgan fingerprint density at radius 1 is 1.44 bits per heavy atom. The highest BCUT2D eigenvalue weighted by atomic mass is 32.2. The molecule has 1 atom stereocenters. The first-order valence-electron chi connectivity index (χ1n) is 5.29. The Hall–Kier alpha value is -1.00. The Bertz CT molecular complexity index is 337. The minimum Gasteiger partial charge on any atom is -0.330 e. The summed E-state index contributed by atoms with van der Waals surface area (Å²) in [6, 6.07) is 7.81. The third-order valence-electron chi connectivity index (χ3n) is 2.31. The summed E-state index contributed by atoms with van der Waals surface area (Å²) in [5.41, 5.74) is 6.31. The molecule has 1 aromatic carbocycles. The van der Waals surface area contributed by atoms with Crippen molar-refractivity contribution in [1.82, 2.24) is 0 Å². The van der Waals surface area contributed by atoms with E-state index < -0.39 is 0 Å². The van der Waals surface area contributed by atoms with Crippen molar-refractivity contribution in [2.24, 2.45) is 11.7 Å². The molecule has 0 aromatic heterocycles. The van der Waals surface area contributed by atoms with Crippen LogP contribution in [0.25, 0.3) is 0 Å². The topological polar surface area (TPSA) is 55.1 Å². The Morgan fingerprint density at radius 3 is 2.56 bits per heavy atom. The molecule has 0 saturated heterocycles. The lowest BCUT2D eigenvalue weighted by Gasteiger charge is -2.09. The zero-order valence-electron chi connectivity index (χ0n) is 9.69. The summed E-state index contributed by atoms with van der Waals surface area (Å²) >= 11 is 1.68. The quantitative estimate of drug-likeness (QED) is 0.774. The van der Waals surface area contributed by atoms with Gasteiger partial charge in [-0.1, -0.05) is 6.92 Å². The van der Waals surface area contributed by atoms with Crippen LogP contribution in [0, 0.1) is 5.92 Å². The molecular formula is C12H18N2OS. The molecule has 3 N–H and O–H groups in total. The molecule has 16 heavy (non-hydrogen) atoms. The van der Waals surface area contributed by atoms with Crippen molar-refractivity contribution in [3.63, 3.8) is 0 Å². The standard InChI is InChI=1S/C12H18N2OS/c1-9(8-13)7-12(15)14-10-3-5-11(16-2)6-4-10/h3-6,9H,7-8,13H2,1-2H3,(H,14,15). The van der Waals surface area contributed by atoms with E-state index in [2.05, 4.69) is 5.32 Å². The number of amides is 1. The van der Waals surface area contributed by atoms with Gasteiger partial charge in [0.2, 0.25) is 5.91 Å². The molecule has 0 bridgehead atoms. The van der Waals surface area contributed by atoms with Crippen LogP contribution in [0.1, 0.15) is 13.3 Å². The Morgan fingerprint density at radius 2 is 2.06 bits per heavy atom. The summed E-state index contributed by atoms with van der Waals surface area (Å²) < 4.78 is 0. The number of nitrogens with two attached hydrogens (primary N) is 1. The van der Waals surface area contributed by atoms with Gasteiger partial charge in [0, 0.05) is 17.0 Å². The third kappa shape index (κ3) is 4.24. The van der Waals surface area contributed by atoms with Gasteiger partial charge in [-0.3, -0.25) is 4.79 Å². The molecule has 1 rings (SSSR count). The van der Waals surface area contributed by atoms with Crippen molar-refractivity contribution >= 4 is 23.4 Å². The van der Waals surface area contributed by atoms with Crippen LogP contribution in [0.4, 0.5) is 5.69 Å². The third-order valence-corrected chi connectivity index (χ3v) is 3.05. The van der Waals surface area contributed by atoms with Gasteiger partial charge in [-0.2, -0.15) is 0 Å². The number of hydrogen-bond acceptors (Lipinski definition) is 3. The average molecular weight is 238 g/mol. The normalized spacial score (nSPS) is 12.2. The molecule has 1 amide bonds. The summed E-state index contributed by atoms with van der Waals surface area (Å²) in [7, 11) is 0. The molecule has 0 saturated carbocycles. The summed E-state index contributed by atoms with van der Waals surface area (Å²) in [6.07, 6.45) is 2.50. The molecule has 0 spiro atoms. The van der Waals surface area contributed by atoms with Crippen molar-refractivity contribution in [1.29, 1.82) is 0 Å². The SMILES string of the molecule is CSc1ccc(NC(=O)CC(C)CN)cc1. The first-order chi connectivity index (χ1) is 7.65. The number of anilines is 1. The fourth-order valence-corrected chi connectivity index (χ4v) is 1.69. The van der Waals surface area contributed by atoms with Crippen LogP contribution >= 0.6 is 11.8 Å². The summed E-state index contributed by atoms with van der Waals surface area (Å²) in [4.78, 5) is 12.8. The van der Waals surface area contributed by atoms with Gasteiger partial charge in [-0.15, -0.1) is 11.8 Å². The van der Waals surface area contributed by atoms with Crippen LogP contribution in [0.2, 0.25) is 0 Å². The van der Waals surface area contributed by atoms with Crippen LogP contribution in [0.15, 0.2) is 29.2 Å². The first-order valence-corrected chi connectivity index (χ1v) is 6.52. The molecule has 0 aliphatic carbocycles. The van der Waals surface area contributed by atoms with E-state index >= 15 is 0 Å². The second kappa shape index (κ2) is 6.55. The van der Waals surface area contributed by atoms with Gasteiger partial charge in [0.1, 0.15) is 0 Å². The van der Waals surface area contributed by atoms with Crippen LogP contribution < -0.4 is 11.1 Å². The fraction of sp³-hybridized carbons (Fsp3) is 0.417.